The Bertz CT molecular complexity index is 505. The molecule has 112 valence electrons. The first-order valence-electron chi connectivity index (χ1n) is 6.59. The summed E-state index contributed by atoms with van der Waals surface area (Å²) in [4.78, 5) is 16.4. The first kappa shape index (κ1) is 14.9. The number of nitrogen functional groups attached to an aromatic ring is 1. The van der Waals surface area contributed by atoms with Crippen molar-refractivity contribution in [2.45, 2.75) is 25.9 Å². The molecule has 0 saturated carbocycles. The van der Waals surface area contributed by atoms with E-state index in [1.165, 1.54) is 11.3 Å². The number of likely N-dealkylation sites (N-methyl/N-ethyl adjacent to an activating group) is 1. The van der Waals surface area contributed by atoms with Crippen LogP contribution in [0.15, 0.2) is 0 Å². The van der Waals surface area contributed by atoms with Crippen molar-refractivity contribution < 1.29 is 9.53 Å². The number of anilines is 2. The third-order valence-electron chi connectivity index (χ3n) is 3.96. The smallest absolute Gasteiger partial charge is 0.261 e. The number of carbonyl (C=O) groups is 1. The van der Waals surface area contributed by atoms with E-state index in [2.05, 4.69) is 30.7 Å². The predicted octanol–water partition coefficient (Wildman–Crippen LogP) is 0.967. The average molecular weight is 298 g/mol. The Morgan fingerprint density at radius 2 is 1.90 bits per heavy atom. The van der Waals surface area contributed by atoms with E-state index in [1.807, 2.05) is 0 Å². The van der Waals surface area contributed by atoms with Gasteiger partial charge in [-0.3, -0.25) is 9.69 Å². The van der Waals surface area contributed by atoms with Gasteiger partial charge in [-0.25, -0.2) is 0 Å². The number of nitrogens with zero attached hydrogens (tertiary/aromatic N) is 2. The van der Waals surface area contributed by atoms with E-state index >= 15 is 0 Å². The Morgan fingerprint density at radius 3 is 2.35 bits per heavy atom. The summed E-state index contributed by atoms with van der Waals surface area (Å²) in [5.41, 5.74) is 11.7. The number of piperazine rings is 1. The van der Waals surface area contributed by atoms with E-state index in [0.29, 0.717) is 28.4 Å². The zero-order valence-electron chi connectivity index (χ0n) is 12.3. The molecule has 20 heavy (non-hydrogen) atoms. The van der Waals surface area contributed by atoms with Crippen LogP contribution in [-0.4, -0.2) is 50.1 Å². The Kier molecular flexibility index (Phi) is 4.10. The molecule has 6 nitrogen and oxygen atoms in total. The summed E-state index contributed by atoms with van der Waals surface area (Å²) in [6, 6.07) is 0.840. The molecule has 1 aliphatic rings. The third-order valence-corrected chi connectivity index (χ3v) is 5.22. The second-order valence-electron chi connectivity index (χ2n) is 5.32. The van der Waals surface area contributed by atoms with Crippen molar-refractivity contribution >= 4 is 27.9 Å². The molecule has 0 radical (unpaired) electrons. The lowest BCUT2D eigenvalue weighted by Crippen LogP contribution is -2.54. The minimum absolute atomic E-state index is 0.347. The number of thiophene rings is 1. The summed E-state index contributed by atoms with van der Waals surface area (Å²) in [7, 11) is 3.69. The molecule has 2 heterocycles. The highest BCUT2D eigenvalue weighted by Gasteiger charge is 2.31. The van der Waals surface area contributed by atoms with Crippen LogP contribution < -0.4 is 21.1 Å². The largest absolute Gasteiger partial charge is 0.492 e. The van der Waals surface area contributed by atoms with Gasteiger partial charge in [0.05, 0.1) is 7.11 Å². The second-order valence-corrected chi connectivity index (χ2v) is 6.32. The van der Waals surface area contributed by atoms with Crippen LogP contribution in [0.5, 0.6) is 5.75 Å². The molecular weight excluding hydrogens is 276 g/mol. The van der Waals surface area contributed by atoms with Crippen molar-refractivity contribution in [3.63, 3.8) is 0 Å². The van der Waals surface area contributed by atoms with E-state index in [1.54, 1.807) is 7.11 Å². The minimum atomic E-state index is -0.507. The zero-order chi connectivity index (χ0) is 15.0. The van der Waals surface area contributed by atoms with Crippen LogP contribution in [0, 0.1) is 0 Å². The molecule has 2 atom stereocenters. The van der Waals surface area contributed by atoms with Gasteiger partial charge in [-0.2, -0.15) is 0 Å². The number of nitrogens with two attached hydrogens (primary N) is 2. The third kappa shape index (κ3) is 2.43. The molecule has 1 aromatic rings. The first-order valence-corrected chi connectivity index (χ1v) is 7.41. The topological polar surface area (TPSA) is 84.8 Å². The number of methoxy groups -OCH3 is 1. The molecule has 1 amide bonds. The second kappa shape index (κ2) is 5.49. The van der Waals surface area contributed by atoms with E-state index < -0.39 is 5.91 Å². The Balaban J connectivity index is 2.37. The molecule has 1 fully saturated rings. The van der Waals surface area contributed by atoms with Crippen molar-refractivity contribution in [2.75, 3.05) is 37.9 Å². The zero-order valence-corrected chi connectivity index (χ0v) is 13.2. The van der Waals surface area contributed by atoms with Crippen molar-refractivity contribution in [1.29, 1.82) is 0 Å². The molecule has 7 heteroatoms. The highest BCUT2D eigenvalue weighted by atomic mass is 32.1. The summed E-state index contributed by atoms with van der Waals surface area (Å²) in [5, 5.41) is 0.894. The Hall–Kier alpha value is -1.47. The standard InChI is InChI=1S/C13H22N4O2S/c1-7-5-17(6-8(2)16(7)3)13-10(19-4)9(14)11(20-13)12(15)18/h7-8H,5-6,14H2,1-4H3,(H2,15,18). The predicted molar refractivity (Wildman–Crippen MR) is 82.7 cm³/mol. The number of hydrogen-bond donors (Lipinski definition) is 2. The number of primary amides is 1. The summed E-state index contributed by atoms with van der Waals surface area (Å²) >= 11 is 1.31. The lowest BCUT2D eigenvalue weighted by atomic mass is 10.1. The van der Waals surface area contributed by atoms with Gasteiger partial charge in [0.1, 0.15) is 15.6 Å². The van der Waals surface area contributed by atoms with Crippen molar-refractivity contribution in [3.05, 3.63) is 4.88 Å². The van der Waals surface area contributed by atoms with Gasteiger partial charge in [0.2, 0.25) is 0 Å². The van der Waals surface area contributed by atoms with Crippen molar-refractivity contribution in [3.8, 4) is 5.75 Å². The van der Waals surface area contributed by atoms with Gasteiger partial charge < -0.3 is 21.1 Å². The molecule has 0 aromatic carbocycles. The lowest BCUT2D eigenvalue weighted by Gasteiger charge is -2.43. The summed E-state index contributed by atoms with van der Waals surface area (Å²) in [6.07, 6.45) is 0. The molecule has 0 aliphatic carbocycles. The Labute approximate surface area is 123 Å². The molecule has 0 spiro atoms. The van der Waals surface area contributed by atoms with Crippen LogP contribution in [0.3, 0.4) is 0 Å². The van der Waals surface area contributed by atoms with Crippen LogP contribution in [0.25, 0.3) is 0 Å². The van der Waals surface area contributed by atoms with Crippen LogP contribution in [-0.2, 0) is 0 Å². The number of ether oxygens (including phenoxy) is 1. The van der Waals surface area contributed by atoms with Crippen molar-refractivity contribution in [1.82, 2.24) is 4.90 Å². The first-order chi connectivity index (χ1) is 9.36. The molecule has 0 bridgehead atoms. The summed E-state index contributed by atoms with van der Waals surface area (Å²) < 4.78 is 5.38. The maximum absolute atomic E-state index is 11.4. The van der Waals surface area contributed by atoms with Crippen LogP contribution >= 0.6 is 11.3 Å². The monoisotopic (exact) mass is 298 g/mol. The van der Waals surface area contributed by atoms with Gasteiger partial charge in [-0.15, -0.1) is 11.3 Å². The minimum Gasteiger partial charge on any atom is -0.492 e. The van der Waals surface area contributed by atoms with E-state index in [-0.39, 0.29) is 0 Å². The normalized spacial score (nSPS) is 23.9. The maximum Gasteiger partial charge on any atom is 0.261 e. The van der Waals surface area contributed by atoms with Gasteiger partial charge in [0, 0.05) is 25.2 Å². The molecular formula is C13H22N4O2S. The fourth-order valence-corrected chi connectivity index (χ4v) is 3.64. The van der Waals surface area contributed by atoms with Crippen LogP contribution in [0.2, 0.25) is 0 Å². The number of rotatable bonds is 3. The summed E-state index contributed by atoms with van der Waals surface area (Å²) in [6.45, 7) is 6.10. The van der Waals surface area contributed by atoms with Gasteiger partial charge in [-0.1, -0.05) is 0 Å². The molecule has 1 saturated heterocycles. The van der Waals surface area contributed by atoms with Gasteiger partial charge in [-0.05, 0) is 20.9 Å². The lowest BCUT2D eigenvalue weighted by molar-refractivity contribution is 0.100. The summed E-state index contributed by atoms with van der Waals surface area (Å²) in [5.74, 6) is 0.0556. The van der Waals surface area contributed by atoms with E-state index in [0.717, 1.165) is 18.1 Å². The van der Waals surface area contributed by atoms with Gasteiger partial charge in [0.15, 0.2) is 5.75 Å². The van der Waals surface area contributed by atoms with Crippen molar-refractivity contribution in [2.24, 2.45) is 5.73 Å². The number of hydrogen-bond acceptors (Lipinski definition) is 6. The van der Waals surface area contributed by atoms with Crippen LogP contribution in [0.4, 0.5) is 10.7 Å². The molecule has 4 N–H and O–H groups in total. The maximum atomic E-state index is 11.4. The van der Waals surface area contributed by atoms with E-state index in [4.69, 9.17) is 16.2 Å². The van der Waals surface area contributed by atoms with Gasteiger partial charge in [0.25, 0.3) is 5.91 Å². The molecule has 2 unspecified atom stereocenters. The highest BCUT2D eigenvalue weighted by molar-refractivity contribution is 7.19. The fourth-order valence-electron chi connectivity index (χ4n) is 2.58. The van der Waals surface area contributed by atoms with E-state index in [9.17, 15) is 4.79 Å². The average Bonchev–Trinajstić information content (AvgIpc) is 2.72. The van der Waals surface area contributed by atoms with Gasteiger partial charge >= 0.3 is 0 Å². The molecule has 1 aliphatic heterocycles. The number of carbonyl (C=O) groups excluding carboxylic acids is 1. The quantitative estimate of drug-likeness (QED) is 0.868. The van der Waals surface area contributed by atoms with Crippen LogP contribution in [0.1, 0.15) is 23.5 Å². The Morgan fingerprint density at radius 1 is 1.35 bits per heavy atom. The highest BCUT2D eigenvalue weighted by Crippen LogP contribution is 2.45. The molecule has 2 rings (SSSR count). The SMILES string of the molecule is COc1c(N2CC(C)N(C)C(C)C2)sc(C(N)=O)c1N. The number of amides is 1. The molecule has 1 aromatic heterocycles. The fraction of sp³-hybridized carbons (Fsp3) is 0.615.